The van der Waals surface area contributed by atoms with Crippen LogP contribution in [0.15, 0.2) is 42.6 Å². The molecule has 1 aromatic carbocycles. The van der Waals surface area contributed by atoms with Gasteiger partial charge in [0.05, 0.1) is 11.7 Å². The van der Waals surface area contributed by atoms with E-state index in [1.165, 1.54) is 11.1 Å². The summed E-state index contributed by atoms with van der Waals surface area (Å²) in [6, 6.07) is 12.1. The van der Waals surface area contributed by atoms with Crippen LogP contribution in [0.3, 0.4) is 0 Å². The van der Waals surface area contributed by atoms with Crippen LogP contribution in [0.5, 0.6) is 0 Å². The van der Waals surface area contributed by atoms with E-state index in [1.54, 1.807) is 4.90 Å². The van der Waals surface area contributed by atoms with Crippen molar-refractivity contribution in [1.29, 1.82) is 0 Å². The molecule has 3 aromatic rings. The molecule has 6 nitrogen and oxygen atoms in total. The van der Waals surface area contributed by atoms with Crippen LogP contribution in [0, 0.1) is 0 Å². The number of urea groups is 1. The lowest BCUT2D eigenvalue weighted by Crippen LogP contribution is -2.34. The summed E-state index contributed by atoms with van der Waals surface area (Å²) in [4.78, 5) is 14.6. The Morgan fingerprint density at radius 1 is 1.23 bits per heavy atom. The first-order valence-corrected chi connectivity index (χ1v) is 9.01. The predicted molar refractivity (Wildman–Crippen MR) is 101 cm³/mol. The van der Waals surface area contributed by atoms with Gasteiger partial charge in [0.25, 0.3) is 0 Å². The Bertz CT molecular complexity index is 962. The topological polar surface area (TPSA) is 62.5 Å². The number of fused-ring (bicyclic) bond motifs is 2. The molecule has 1 unspecified atom stereocenters. The number of hydrogen-bond donors (Lipinski definition) is 1. The molecular weight excluding hydrogens is 326 g/mol. The third-order valence-electron chi connectivity index (χ3n) is 5.09. The molecule has 0 saturated heterocycles. The smallest absolute Gasteiger partial charge is 0.321 e. The van der Waals surface area contributed by atoms with Gasteiger partial charge in [0.2, 0.25) is 0 Å². The zero-order valence-electron chi connectivity index (χ0n) is 15.3. The Morgan fingerprint density at radius 2 is 2.04 bits per heavy atom. The number of anilines is 1. The number of nitrogens with zero attached hydrogens (tertiary/aromatic N) is 4. The predicted octanol–water partition coefficient (Wildman–Crippen LogP) is 4.00. The minimum atomic E-state index is -0.106. The molecule has 134 valence electrons. The number of rotatable bonds is 3. The Balaban J connectivity index is 1.55. The van der Waals surface area contributed by atoms with Gasteiger partial charge in [-0.3, -0.25) is 4.40 Å². The first-order chi connectivity index (χ1) is 12.5. The summed E-state index contributed by atoms with van der Waals surface area (Å²) in [7, 11) is 1.86. The molecule has 6 heteroatoms. The molecule has 1 N–H and O–H groups in total. The Labute approximate surface area is 152 Å². The molecule has 2 amide bonds. The van der Waals surface area contributed by atoms with E-state index in [1.807, 2.05) is 35.8 Å². The highest BCUT2D eigenvalue weighted by Crippen LogP contribution is 2.35. The summed E-state index contributed by atoms with van der Waals surface area (Å²) in [6.07, 6.45) is 3.87. The summed E-state index contributed by atoms with van der Waals surface area (Å²) in [5.74, 6) is 1.14. The summed E-state index contributed by atoms with van der Waals surface area (Å²) in [6.45, 7) is 4.15. The van der Waals surface area contributed by atoms with Gasteiger partial charge in [-0.1, -0.05) is 38.1 Å². The normalized spacial score (nSPS) is 16.1. The Hall–Kier alpha value is -2.89. The van der Waals surface area contributed by atoms with Crippen molar-refractivity contribution in [3.63, 3.8) is 0 Å². The van der Waals surface area contributed by atoms with Gasteiger partial charge in [0, 0.05) is 19.2 Å². The second-order valence-corrected chi connectivity index (χ2v) is 7.15. The van der Waals surface area contributed by atoms with E-state index < -0.39 is 0 Å². The van der Waals surface area contributed by atoms with E-state index >= 15 is 0 Å². The van der Waals surface area contributed by atoms with Crippen molar-refractivity contribution in [1.82, 2.24) is 19.5 Å². The minimum Gasteiger partial charge on any atom is -0.321 e. The van der Waals surface area contributed by atoms with Gasteiger partial charge >= 0.3 is 6.03 Å². The maximum atomic E-state index is 12.8. The molecule has 1 aliphatic carbocycles. The molecule has 2 heterocycles. The van der Waals surface area contributed by atoms with E-state index in [0.717, 1.165) is 30.0 Å². The van der Waals surface area contributed by atoms with Crippen molar-refractivity contribution in [2.75, 3.05) is 12.4 Å². The van der Waals surface area contributed by atoms with E-state index in [4.69, 9.17) is 0 Å². The molecule has 0 fully saturated rings. The maximum Gasteiger partial charge on any atom is 0.322 e. The zero-order chi connectivity index (χ0) is 18.3. The highest BCUT2D eigenvalue weighted by Gasteiger charge is 2.28. The van der Waals surface area contributed by atoms with Gasteiger partial charge in [-0.2, -0.15) is 0 Å². The number of carbonyl (C=O) groups excluding carboxylic acids is 1. The number of benzene rings is 1. The van der Waals surface area contributed by atoms with Crippen LogP contribution in [-0.4, -0.2) is 32.6 Å². The third-order valence-corrected chi connectivity index (χ3v) is 5.09. The molecule has 0 spiro atoms. The SMILES string of the molecule is CC(C)c1nnc2ccc(NC(=O)N(C)C3CCc4ccccc43)cn12. The minimum absolute atomic E-state index is 0.106. The van der Waals surface area contributed by atoms with Crippen molar-refractivity contribution in [2.45, 2.75) is 38.6 Å². The van der Waals surface area contributed by atoms with Gasteiger partial charge in [0.1, 0.15) is 5.82 Å². The van der Waals surface area contributed by atoms with E-state index in [2.05, 4.69) is 47.6 Å². The second-order valence-electron chi connectivity index (χ2n) is 7.15. The van der Waals surface area contributed by atoms with Gasteiger partial charge < -0.3 is 10.2 Å². The largest absolute Gasteiger partial charge is 0.322 e. The summed E-state index contributed by atoms with van der Waals surface area (Å²) in [5, 5.41) is 11.4. The molecular formula is C20H23N5O. The lowest BCUT2D eigenvalue weighted by Gasteiger charge is -2.25. The molecule has 0 bridgehead atoms. The monoisotopic (exact) mass is 349 g/mol. The highest BCUT2D eigenvalue weighted by molar-refractivity contribution is 5.89. The summed E-state index contributed by atoms with van der Waals surface area (Å²) < 4.78 is 1.94. The average Bonchev–Trinajstić information content (AvgIpc) is 3.24. The number of carbonyl (C=O) groups is 1. The zero-order valence-corrected chi connectivity index (χ0v) is 15.3. The van der Waals surface area contributed by atoms with Crippen LogP contribution in [0.25, 0.3) is 5.65 Å². The van der Waals surface area contributed by atoms with Crippen molar-refractivity contribution in [3.05, 3.63) is 59.5 Å². The van der Waals surface area contributed by atoms with Crippen molar-refractivity contribution in [2.24, 2.45) is 0 Å². The molecule has 0 radical (unpaired) electrons. The number of nitrogens with one attached hydrogen (secondary N) is 1. The number of aryl methyl sites for hydroxylation is 1. The van der Waals surface area contributed by atoms with Crippen LogP contribution in [0.1, 0.15) is 49.2 Å². The van der Waals surface area contributed by atoms with Crippen molar-refractivity contribution >= 4 is 17.4 Å². The maximum absolute atomic E-state index is 12.8. The van der Waals surface area contributed by atoms with E-state index in [-0.39, 0.29) is 18.0 Å². The first kappa shape index (κ1) is 16.6. The fourth-order valence-electron chi connectivity index (χ4n) is 3.67. The van der Waals surface area contributed by atoms with Crippen LogP contribution >= 0.6 is 0 Å². The highest BCUT2D eigenvalue weighted by atomic mass is 16.2. The Morgan fingerprint density at radius 3 is 2.85 bits per heavy atom. The van der Waals surface area contributed by atoms with Gasteiger partial charge in [-0.15, -0.1) is 10.2 Å². The van der Waals surface area contributed by atoms with Crippen LogP contribution in [-0.2, 0) is 6.42 Å². The standard InChI is InChI=1S/C20H23N5O/c1-13(2)19-23-22-18-11-9-15(12-25(18)19)21-20(26)24(3)17-10-8-14-6-4-5-7-16(14)17/h4-7,9,11-13,17H,8,10H2,1-3H3,(H,21,26). The van der Waals surface area contributed by atoms with Crippen molar-refractivity contribution < 1.29 is 4.79 Å². The van der Waals surface area contributed by atoms with E-state index in [0.29, 0.717) is 0 Å². The van der Waals surface area contributed by atoms with E-state index in [9.17, 15) is 4.79 Å². The molecule has 0 aliphatic heterocycles. The molecule has 1 aliphatic rings. The summed E-state index contributed by atoms with van der Waals surface area (Å²) >= 11 is 0. The second kappa shape index (κ2) is 6.44. The lowest BCUT2D eigenvalue weighted by molar-refractivity contribution is 0.204. The fraction of sp³-hybridized carbons (Fsp3) is 0.350. The van der Waals surface area contributed by atoms with Crippen molar-refractivity contribution in [3.8, 4) is 0 Å². The molecule has 4 rings (SSSR count). The lowest BCUT2D eigenvalue weighted by atomic mass is 10.1. The fourth-order valence-corrected chi connectivity index (χ4v) is 3.67. The molecule has 2 aromatic heterocycles. The average molecular weight is 349 g/mol. The van der Waals surface area contributed by atoms with Crippen LogP contribution in [0.4, 0.5) is 10.5 Å². The quantitative estimate of drug-likeness (QED) is 0.777. The van der Waals surface area contributed by atoms with Gasteiger partial charge in [-0.05, 0) is 36.1 Å². The van der Waals surface area contributed by atoms with Crippen LogP contribution in [0.2, 0.25) is 0 Å². The van der Waals surface area contributed by atoms with Gasteiger partial charge in [0.15, 0.2) is 5.65 Å². The summed E-state index contributed by atoms with van der Waals surface area (Å²) in [5.41, 5.74) is 4.11. The van der Waals surface area contributed by atoms with Gasteiger partial charge in [-0.25, -0.2) is 4.79 Å². The number of pyridine rings is 1. The number of hydrogen-bond acceptors (Lipinski definition) is 3. The number of amides is 2. The molecule has 26 heavy (non-hydrogen) atoms. The van der Waals surface area contributed by atoms with Crippen LogP contribution < -0.4 is 5.32 Å². The molecule has 0 saturated carbocycles. The Kier molecular flexibility index (Phi) is 4.11. The molecule has 1 atom stereocenters. The first-order valence-electron chi connectivity index (χ1n) is 9.01. The third kappa shape index (κ3) is 2.81. The number of aromatic nitrogens is 3.